The van der Waals surface area contributed by atoms with Crippen LogP contribution in [0, 0.1) is 0 Å². The normalized spacial score (nSPS) is 26.4. The van der Waals surface area contributed by atoms with E-state index in [1.54, 1.807) is 0 Å². The van der Waals surface area contributed by atoms with E-state index >= 15 is 0 Å². The Morgan fingerprint density at radius 1 is 1.30 bits per heavy atom. The fourth-order valence-corrected chi connectivity index (χ4v) is 3.33. The number of nitrogens with one attached hydrogen (secondary N) is 2. The van der Waals surface area contributed by atoms with Crippen molar-refractivity contribution in [1.82, 2.24) is 15.5 Å². The maximum atomic E-state index is 12.6. The number of piperazine rings is 1. The zero-order valence-corrected chi connectivity index (χ0v) is 14.3. The van der Waals surface area contributed by atoms with Gasteiger partial charge in [-0.15, -0.1) is 0 Å². The van der Waals surface area contributed by atoms with Gasteiger partial charge in [-0.2, -0.15) is 13.2 Å². The molecule has 27 heavy (non-hydrogen) atoms. The number of aliphatic hydroxyl groups is 1. The summed E-state index contributed by atoms with van der Waals surface area (Å²) in [6, 6.07) is 1.48. The number of halogens is 3. The van der Waals surface area contributed by atoms with Gasteiger partial charge < -0.3 is 20.6 Å². The summed E-state index contributed by atoms with van der Waals surface area (Å²) in [6.07, 6.45) is -5.35. The summed E-state index contributed by atoms with van der Waals surface area (Å²) in [4.78, 5) is 38.1. The van der Waals surface area contributed by atoms with E-state index in [1.165, 1.54) is 11.8 Å². The molecule has 0 saturated carbocycles. The number of benzene rings is 1. The lowest BCUT2D eigenvalue weighted by atomic mass is 10.0. The van der Waals surface area contributed by atoms with Crippen LogP contribution in [0.25, 0.3) is 0 Å². The molecule has 3 N–H and O–H groups in total. The third-order valence-corrected chi connectivity index (χ3v) is 4.74. The molecule has 0 aromatic heterocycles. The van der Waals surface area contributed by atoms with Gasteiger partial charge in [-0.3, -0.25) is 14.4 Å². The number of rotatable bonds is 3. The standard InChI is InChI=1S/C17H18F3N3O4/c1-8(24)13-16(27)23-7-11(6-12(23)15(26)22-13)21-14(25)9-2-4-10(5-3-9)17(18,19)20/h2-5,8,11-13,24H,6-7H2,1H3,(H,21,25)(H,22,26)/t8-,11+,12+,13+/m1/s1. The first-order valence-electron chi connectivity index (χ1n) is 8.35. The van der Waals surface area contributed by atoms with Crippen LogP contribution in [0.5, 0.6) is 0 Å². The SMILES string of the molecule is C[C@@H](O)[C@@H]1NC(=O)[C@@H]2C[C@H](NC(=O)c3ccc(C(F)(F)F)cc3)CN2C1=O. The van der Waals surface area contributed by atoms with Gasteiger partial charge in [0.2, 0.25) is 11.8 Å². The molecule has 4 atom stereocenters. The van der Waals surface area contributed by atoms with Crippen molar-refractivity contribution < 1.29 is 32.7 Å². The van der Waals surface area contributed by atoms with Gasteiger partial charge >= 0.3 is 6.18 Å². The number of hydrogen-bond acceptors (Lipinski definition) is 4. The van der Waals surface area contributed by atoms with Crippen LogP contribution < -0.4 is 10.6 Å². The molecule has 1 aromatic rings. The third kappa shape index (κ3) is 3.75. The molecule has 146 valence electrons. The summed E-state index contributed by atoms with van der Waals surface area (Å²) >= 11 is 0. The summed E-state index contributed by atoms with van der Waals surface area (Å²) in [6.45, 7) is 1.48. The second-order valence-electron chi connectivity index (χ2n) is 6.71. The van der Waals surface area contributed by atoms with Crippen LogP contribution in [0.4, 0.5) is 13.2 Å². The molecule has 0 spiro atoms. The van der Waals surface area contributed by atoms with E-state index < -0.39 is 53.7 Å². The van der Waals surface area contributed by atoms with Crippen LogP contribution in [0.2, 0.25) is 0 Å². The zero-order valence-electron chi connectivity index (χ0n) is 14.3. The smallest absolute Gasteiger partial charge is 0.391 e. The van der Waals surface area contributed by atoms with E-state index in [-0.39, 0.29) is 18.5 Å². The predicted molar refractivity (Wildman–Crippen MR) is 86.4 cm³/mol. The summed E-state index contributed by atoms with van der Waals surface area (Å²) in [7, 11) is 0. The summed E-state index contributed by atoms with van der Waals surface area (Å²) in [5.41, 5.74) is -0.811. The number of alkyl halides is 3. The van der Waals surface area contributed by atoms with E-state index in [4.69, 9.17) is 0 Å². The van der Waals surface area contributed by atoms with E-state index in [9.17, 15) is 32.7 Å². The highest BCUT2D eigenvalue weighted by molar-refractivity contribution is 5.98. The Balaban J connectivity index is 1.66. The first-order chi connectivity index (χ1) is 12.6. The Kier molecular flexibility index (Phi) is 4.85. The second-order valence-corrected chi connectivity index (χ2v) is 6.71. The molecular formula is C17H18F3N3O4. The summed E-state index contributed by atoms with van der Waals surface area (Å²) in [5.74, 6) is -1.43. The monoisotopic (exact) mass is 385 g/mol. The number of carbonyl (C=O) groups excluding carboxylic acids is 3. The Hall–Kier alpha value is -2.62. The molecule has 7 nitrogen and oxygen atoms in total. The number of fused-ring (bicyclic) bond motifs is 1. The lowest BCUT2D eigenvalue weighted by molar-refractivity contribution is -0.149. The van der Waals surface area contributed by atoms with Crippen molar-refractivity contribution in [2.75, 3.05) is 6.54 Å². The summed E-state index contributed by atoms with van der Waals surface area (Å²) in [5, 5.41) is 14.7. The molecule has 0 aliphatic carbocycles. The number of amides is 3. The van der Waals surface area contributed by atoms with Crippen LogP contribution in [0.15, 0.2) is 24.3 Å². The molecule has 0 unspecified atom stereocenters. The van der Waals surface area contributed by atoms with Gasteiger partial charge in [0.05, 0.1) is 11.7 Å². The first-order valence-corrected chi connectivity index (χ1v) is 8.35. The van der Waals surface area contributed by atoms with E-state index in [2.05, 4.69) is 10.6 Å². The van der Waals surface area contributed by atoms with Crippen molar-refractivity contribution in [3.63, 3.8) is 0 Å². The Labute approximate surface area is 152 Å². The van der Waals surface area contributed by atoms with Crippen LogP contribution >= 0.6 is 0 Å². The average molecular weight is 385 g/mol. The molecular weight excluding hydrogens is 367 g/mol. The molecule has 1 aromatic carbocycles. The van der Waals surface area contributed by atoms with Crippen LogP contribution in [-0.4, -0.2) is 58.5 Å². The number of carbonyl (C=O) groups is 3. The van der Waals surface area contributed by atoms with Crippen LogP contribution in [-0.2, 0) is 15.8 Å². The number of nitrogens with zero attached hydrogens (tertiary/aromatic N) is 1. The van der Waals surface area contributed by atoms with Gasteiger partial charge in [0, 0.05) is 18.2 Å². The van der Waals surface area contributed by atoms with Gasteiger partial charge in [0.15, 0.2) is 0 Å². The molecule has 2 saturated heterocycles. The first kappa shape index (κ1) is 19.2. The Bertz CT molecular complexity index is 764. The van der Waals surface area contributed by atoms with Gasteiger partial charge in [0.1, 0.15) is 12.1 Å². The van der Waals surface area contributed by atoms with E-state index in [1.807, 2.05) is 0 Å². The lowest BCUT2D eigenvalue weighted by Gasteiger charge is -2.35. The zero-order chi connectivity index (χ0) is 19.9. The Morgan fingerprint density at radius 3 is 2.48 bits per heavy atom. The minimum absolute atomic E-state index is 0.0468. The summed E-state index contributed by atoms with van der Waals surface area (Å²) < 4.78 is 37.8. The topological polar surface area (TPSA) is 98.7 Å². The highest BCUT2D eigenvalue weighted by Gasteiger charge is 2.47. The Morgan fingerprint density at radius 2 is 1.93 bits per heavy atom. The maximum Gasteiger partial charge on any atom is 0.416 e. The molecule has 3 amide bonds. The molecule has 2 aliphatic heterocycles. The van der Waals surface area contributed by atoms with Crippen molar-refractivity contribution in [3.8, 4) is 0 Å². The van der Waals surface area contributed by atoms with Gasteiger partial charge in [-0.1, -0.05) is 0 Å². The van der Waals surface area contributed by atoms with Crippen LogP contribution in [0.1, 0.15) is 29.3 Å². The molecule has 2 fully saturated rings. The minimum atomic E-state index is -4.49. The fourth-order valence-electron chi connectivity index (χ4n) is 3.33. The quantitative estimate of drug-likeness (QED) is 0.696. The number of hydrogen-bond donors (Lipinski definition) is 3. The molecule has 2 heterocycles. The number of aliphatic hydroxyl groups excluding tert-OH is 1. The van der Waals surface area contributed by atoms with Crippen molar-refractivity contribution in [1.29, 1.82) is 0 Å². The van der Waals surface area contributed by atoms with Crippen molar-refractivity contribution in [3.05, 3.63) is 35.4 Å². The van der Waals surface area contributed by atoms with E-state index in [0.717, 1.165) is 24.3 Å². The maximum absolute atomic E-state index is 12.6. The lowest BCUT2D eigenvalue weighted by Crippen LogP contribution is -2.64. The second kappa shape index (κ2) is 6.84. The predicted octanol–water partition coefficient (Wildman–Crippen LogP) is 0.284. The molecule has 3 rings (SSSR count). The molecule has 0 radical (unpaired) electrons. The van der Waals surface area contributed by atoms with Crippen LogP contribution in [0.3, 0.4) is 0 Å². The van der Waals surface area contributed by atoms with E-state index in [0.29, 0.717) is 0 Å². The fraction of sp³-hybridized carbons (Fsp3) is 0.471. The molecule has 2 aliphatic rings. The average Bonchev–Trinajstić information content (AvgIpc) is 3.02. The van der Waals surface area contributed by atoms with Crippen molar-refractivity contribution in [2.24, 2.45) is 0 Å². The molecule has 0 bridgehead atoms. The highest BCUT2D eigenvalue weighted by Crippen LogP contribution is 2.29. The van der Waals surface area contributed by atoms with Gasteiger partial charge in [-0.25, -0.2) is 0 Å². The van der Waals surface area contributed by atoms with Crippen molar-refractivity contribution in [2.45, 2.75) is 43.8 Å². The largest absolute Gasteiger partial charge is 0.416 e. The van der Waals surface area contributed by atoms with Gasteiger partial charge in [0.25, 0.3) is 5.91 Å². The third-order valence-electron chi connectivity index (χ3n) is 4.74. The minimum Gasteiger partial charge on any atom is -0.391 e. The molecule has 10 heteroatoms. The van der Waals surface area contributed by atoms with Gasteiger partial charge in [-0.05, 0) is 37.6 Å². The van der Waals surface area contributed by atoms with Crippen molar-refractivity contribution >= 4 is 17.7 Å². The highest BCUT2D eigenvalue weighted by atomic mass is 19.4.